The largest absolute Gasteiger partial charge is 0.379 e. The average molecular weight is 403 g/mol. The first-order valence-electron chi connectivity index (χ1n) is 10.4. The summed E-state index contributed by atoms with van der Waals surface area (Å²) in [5.74, 6) is 0.789. The number of nitrogens with one attached hydrogen (secondary N) is 2. The molecule has 29 heavy (non-hydrogen) atoms. The normalized spacial score (nSPS) is 11.6. The molecule has 1 heterocycles. The van der Waals surface area contributed by atoms with Gasteiger partial charge in [0.15, 0.2) is 5.96 Å². The van der Waals surface area contributed by atoms with Crippen LogP contribution in [0.4, 0.5) is 0 Å². The molecule has 0 saturated heterocycles. The lowest BCUT2D eigenvalue weighted by molar-refractivity contribution is 0.0487. The van der Waals surface area contributed by atoms with Gasteiger partial charge in [0.2, 0.25) is 0 Å². The summed E-state index contributed by atoms with van der Waals surface area (Å²) in [4.78, 5) is 8.65. The fourth-order valence-electron chi connectivity index (χ4n) is 2.65. The number of unbranched alkanes of at least 4 members (excludes halogenated alkanes) is 1. The predicted octanol–water partition coefficient (Wildman–Crippen LogP) is 2.21. The molecule has 0 aliphatic heterocycles. The molecule has 0 radical (unpaired) electrons. The Morgan fingerprint density at radius 3 is 2.66 bits per heavy atom. The Morgan fingerprint density at radius 1 is 1.07 bits per heavy atom. The van der Waals surface area contributed by atoms with E-state index in [2.05, 4.69) is 57.8 Å². The highest BCUT2D eigenvalue weighted by Crippen LogP contribution is 2.08. The first-order valence-corrected chi connectivity index (χ1v) is 10.4. The zero-order chi connectivity index (χ0) is 20.6. The van der Waals surface area contributed by atoms with Crippen molar-refractivity contribution in [2.75, 3.05) is 39.5 Å². The van der Waals surface area contributed by atoms with E-state index in [9.17, 15) is 0 Å². The predicted molar refractivity (Wildman–Crippen MR) is 115 cm³/mol. The molecular weight excluding hydrogens is 368 g/mol. The van der Waals surface area contributed by atoms with E-state index in [1.165, 1.54) is 5.56 Å². The van der Waals surface area contributed by atoms with Gasteiger partial charge >= 0.3 is 0 Å². The van der Waals surface area contributed by atoms with Gasteiger partial charge in [-0.15, -0.1) is 0 Å². The first-order chi connectivity index (χ1) is 14.3. The fraction of sp³-hybridized carbons (Fsp3) is 0.571. The highest BCUT2D eigenvalue weighted by molar-refractivity contribution is 5.79. The van der Waals surface area contributed by atoms with E-state index in [0.717, 1.165) is 37.5 Å². The molecule has 1 aromatic carbocycles. The minimum atomic E-state index is 0.604. The van der Waals surface area contributed by atoms with Crippen LogP contribution in [0, 0.1) is 0 Å². The van der Waals surface area contributed by atoms with Gasteiger partial charge in [0.05, 0.1) is 32.9 Å². The maximum absolute atomic E-state index is 5.59. The highest BCUT2D eigenvalue weighted by Gasteiger charge is 2.00. The third-order valence-electron chi connectivity index (χ3n) is 4.12. The first kappa shape index (κ1) is 22.8. The Kier molecular flexibility index (Phi) is 11.4. The molecular formula is C21H34N6O2. The molecule has 0 aliphatic rings. The number of nitrogens with zero attached hydrogens (tertiary/aromatic N) is 4. The summed E-state index contributed by atoms with van der Waals surface area (Å²) in [5.41, 5.74) is 2.33. The molecule has 0 fully saturated rings. The van der Waals surface area contributed by atoms with Gasteiger partial charge in [-0.2, -0.15) is 5.10 Å². The molecule has 2 rings (SSSR count). The van der Waals surface area contributed by atoms with Crippen molar-refractivity contribution < 1.29 is 9.47 Å². The molecule has 8 heteroatoms. The van der Waals surface area contributed by atoms with E-state index >= 15 is 0 Å². The van der Waals surface area contributed by atoms with Crippen molar-refractivity contribution in [2.45, 2.75) is 39.8 Å². The number of aromatic nitrogens is 3. The summed E-state index contributed by atoms with van der Waals surface area (Å²) < 4.78 is 12.9. The van der Waals surface area contributed by atoms with Crippen molar-refractivity contribution in [1.82, 2.24) is 25.4 Å². The van der Waals surface area contributed by atoms with E-state index < -0.39 is 0 Å². The van der Waals surface area contributed by atoms with Crippen LogP contribution in [-0.2, 0) is 22.6 Å². The molecule has 2 N–H and O–H groups in total. The lowest BCUT2D eigenvalue weighted by Gasteiger charge is -2.12. The second kappa shape index (κ2) is 14.5. The molecule has 0 saturated carbocycles. The molecule has 0 bridgehead atoms. The van der Waals surface area contributed by atoms with Crippen molar-refractivity contribution in [3.8, 4) is 0 Å². The zero-order valence-corrected chi connectivity index (χ0v) is 17.6. The Bertz CT molecular complexity index is 690. The monoisotopic (exact) mass is 402 g/mol. The second-order valence-electron chi connectivity index (χ2n) is 6.61. The van der Waals surface area contributed by atoms with Crippen LogP contribution < -0.4 is 10.6 Å². The topological polar surface area (TPSA) is 85.6 Å². The van der Waals surface area contributed by atoms with Crippen LogP contribution in [0.1, 0.15) is 37.8 Å². The Morgan fingerprint density at radius 2 is 1.90 bits per heavy atom. The number of guanidine groups is 1. The fourth-order valence-corrected chi connectivity index (χ4v) is 2.65. The van der Waals surface area contributed by atoms with E-state index in [1.807, 2.05) is 10.7 Å². The van der Waals surface area contributed by atoms with Gasteiger partial charge in [-0.3, -0.25) is 0 Å². The Hall–Kier alpha value is -2.45. The van der Waals surface area contributed by atoms with Gasteiger partial charge in [-0.25, -0.2) is 14.7 Å². The molecule has 0 aliphatic carbocycles. The molecule has 160 valence electrons. The van der Waals surface area contributed by atoms with E-state index in [1.54, 1.807) is 12.7 Å². The standard InChI is InChI=1S/C21H34N6O2/c1-3-5-10-28-12-13-29-11-9-24-21(23-4-2)25-15-19-7-6-8-20(14-19)16-27-18-22-17-26-27/h6-8,14,17-18H,3-5,9-13,15-16H2,1-2H3,(H2,23,24,25). The van der Waals surface area contributed by atoms with Gasteiger partial charge < -0.3 is 20.1 Å². The minimum absolute atomic E-state index is 0.604. The Labute approximate surface area is 173 Å². The van der Waals surface area contributed by atoms with Crippen LogP contribution in [0.5, 0.6) is 0 Å². The summed E-state index contributed by atoms with van der Waals surface area (Å²) in [6.45, 7) is 9.74. The number of benzene rings is 1. The number of rotatable bonds is 14. The molecule has 0 atom stereocenters. The third-order valence-corrected chi connectivity index (χ3v) is 4.12. The van der Waals surface area contributed by atoms with Crippen molar-refractivity contribution in [3.63, 3.8) is 0 Å². The lowest BCUT2D eigenvalue weighted by atomic mass is 10.1. The smallest absolute Gasteiger partial charge is 0.191 e. The van der Waals surface area contributed by atoms with Gasteiger partial charge in [0.1, 0.15) is 12.7 Å². The van der Waals surface area contributed by atoms with Crippen LogP contribution in [0.2, 0.25) is 0 Å². The van der Waals surface area contributed by atoms with E-state index in [4.69, 9.17) is 9.47 Å². The van der Waals surface area contributed by atoms with E-state index in [-0.39, 0.29) is 0 Å². The maximum Gasteiger partial charge on any atom is 0.191 e. The summed E-state index contributed by atoms with van der Waals surface area (Å²) in [5, 5.41) is 10.7. The summed E-state index contributed by atoms with van der Waals surface area (Å²) in [6, 6.07) is 8.37. The van der Waals surface area contributed by atoms with Crippen molar-refractivity contribution in [3.05, 3.63) is 48.0 Å². The zero-order valence-electron chi connectivity index (χ0n) is 17.6. The number of aliphatic imine (C=N–C) groups is 1. The molecule has 0 amide bonds. The SMILES string of the molecule is CCCCOCCOCCNC(=NCc1cccc(Cn2cncn2)c1)NCC. The van der Waals surface area contributed by atoms with Crippen LogP contribution in [0.3, 0.4) is 0 Å². The van der Waals surface area contributed by atoms with Crippen LogP contribution in [0.15, 0.2) is 41.9 Å². The van der Waals surface area contributed by atoms with Crippen LogP contribution in [-0.4, -0.2) is 60.2 Å². The molecule has 0 unspecified atom stereocenters. The van der Waals surface area contributed by atoms with Gasteiger partial charge in [0.25, 0.3) is 0 Å². The molecule has 8 nitrogen and oxygen atoms in total. The quantitative estimate of drug-likeness (QED) is 0.286. The maximum atomic E-state index is 5.59. The highest BCUT2D eigenvalue weighted by atomic mass is 16.5. The average Bonchev–Trinajstić information content (AvgIpc) is 3.24. The van der Waals surface area contributed by atoms with Gasteiger partial charge in [0, 0.05) is 19.7 Å². The van der Waals surface area contributed by atoms with Crippen molar-refractivity contribution >= 4 is 5.96 Å². The minimum Gasteiger partial charge on any atom is -0.379 e. The van der Waals surface area contributed by atoms with E-state index in [0.29, 0.717) is 39.5 Å². The van der Waals surface area contributed by atoms with Gasteiger partial charge in [-0.05, 0) is 24.5 Å². The van der Waals surface area contributed by atoms with Crippen molar-refractivity contribution in [1.29, 1.82) is 0 Å². The molecule has 1 aromatic heterocycles. The Balaban J connectivity index is 1.71. The molecule has 0 spiro atoms. The lowest BCUT2D eigenvalue weighted by Crippen LogP contribution is -2.39. The van der Waals surface area contributed by atoms with Crippen molar-refractivity contribution in [2.24, 2.45) is 4.99 Å². The summed E-state index contributed by atoms with van der Waals surface area (Å²) >= 11 is 0. The number of ether oxygens (including phenoxy) is 2. The molecule has 2 aromatic rings. The van der Waals surface area contributed by atoms with Gasteiger partial charge in [-0.1, -0.05) is 37.6 Å². The second-order valence-corrected chi connectivity index (χ2v) is 6.61. The van der Waals surface area contributed by atoms with Crippen LogP contribution >= 0.6 is 0 Å². The third kappa shape index (κ3) is 10.0. The summed E-state index contributed by atoms with van der Waals surface area (Å²) in [6.07, 6.45) is 5.53. The summed E-state index contributed by atoms with van der Waals surface area (Å²) in [7, 11) is 0. The van der Waals surface area contributed by atoms with Crippen LogP contribution in [0.25, 0.3) is 0 Å². The number of hydrogen-bond donors (Lipinski definition) is 2. The number of hydrogen-bond acceptors (Lipinski definition) is 5.